The van der Waals surface area contributed by atoms with Gasteiger partial charge in [0.2, 0.25) is 5.95 Å². The van der Waals surface area contributed by atoms with Gasteiger partial charge >= 0.3 is 0 Å². The van der Waals surface area contributed by atoms with Gasteiger partial charge in [-0.1, -0.05) is 13.8 Å². The Bertz CT molecular complexity index is 557. The molecule has 100 valence electrons. The largest absolute Gasteiger partial charge is 0.368 e. The van der Waals surface area contributed by atoms with Crippen molar-refractivity contribution in [1.82, 2.24) is 15.0 Å². The second-order valence-electron chi connectivity index (χ2n) is 4.37. The number of thioether (sulfide) groups is 1. The second kappa shape index (κ2) is 5.97. The number of rotatable bonds is 4. The molecule has 2 aromatic rings. The van der Waals surface area contributed by atoms with Crippen LogP contribution in [0.2, 0.25) is 0 Å². The van der Waals surface area contributed by atoms with Crippen LogP contribution in [0.3, 0.4) is 0 Å². The smallest absolute Gasteiger partial charge is 0.223 e. The van der Waals surface area contributed by atoms with Crippen molar-refractivity contribution in [2.45, 2.75) is 30.4 Å². The molecule has 0 fully saturated rings. The molecule has 0 radical (unpaired) electrons. The van der Waals surface area contributed by atoms with E-state index in [2.05, 4.69) is 15.0 Å². The van der Waals surface area contributed by atoms with Crippen molar-refractivity contribution in [2.24, 2.45) is 0 Å². The zero-order valence-electron chi connectivity index (χ0n) is 10.8. The molecule has 0 saturated carbocycles. The molecule has 1 aromatic carbocycles. The third-order valence-electron chi connectivity index (χ3n) is 2.41. The summed E-state index contributed by atoms with van der Waals surface area (Å²) in [5, 5.41) is 0. The lowest BCUT2D eigenvalue weighted by Gasteiger charge is -2.07. The molecule has 0 aliphatic carbocycles. The molecular formula is C13H15FN4S. The van der Waals surface area contributed by atoms with Crippen molar-refractivity contribution < 1.29 is 4.39 Å². The number of anilines is 1. The van der Waals surface area contributed by atoms with Crippen LogP contribution in [-0.4, -0.2) is 15.0 Å². The number of nitrogens with two attached hydrogens (primary N) is 1. The molecule has 0 amide bonds. The molecule has 1 aromatic heterocycles. The van der Waals surface area contributed by atoms with Crippen LogP contribution in [-0.2, 0) is 5.75 Å². The maximum atomic E-state index is 12.8. The maximum absolute atomic E-state index is 12.8. The number of nitrogen functional groups attached to an aromatic ring is 1. The number of hydrogen-bond donors (Lipinski definition) is 1. The normalized spacial score (nSPS) is 10.9. The first-order valence-corrected chi connectivity index (χ1v) is 6.92. The Hall–Kier alpha value is -1.69. The highest BCUT2D eigenvalue weighted by molar-refractivity contribution is 7.98. The van der Waals surface area contributed by atoms with Gasteiger partial charge in [0.25, 0.3) is 0 Å². The van der Waals surface area contributed by atoms with Crippen molar-refractivity contribution in [3.63, 3.8) is 0 Å². The molecule has 0 saturated heterocycles. The molecule has 0 bridgehead atoms. The zero-order chi connectivity index (χ0) is 13.8. The first-order valence-electron chi connectivity index (χ1n) is 5.93. The molecule has 0 aliphatic rings. The molecule has 0 unspecified atom stereocenters. The molecule has 2 N–H and O–H groups in total. The van der Waals surface area contributed by atoms with E-state index in [4.69, 9.17) is 5.73 Å². The fourth-order valence-electron chi connectivity index (χ4n) is 1.46. The van der Waals surface area contributed by atoms with Gasteiger partial charge in [0.05, 0.1) is 5.75 Å². The molecule has 6 heteroatoms. The van der Waals surface area contributed by atoms with Crippen molar-refractivity contribution >= 4 is 17.7 Å². The Morgan fingerprint density at radius 1 is 1.16 bits per heavy atom. The van der Waals surface area contributed by atoms with Gasteiger partial charge in [-0.25, -0.2) is 9.37 Å². The summed E-state index contributed by atoms with van der Waals surface area (Å²) < 4.78 is 12.8. The van der Waals surface area contributed by atoms with Gasteiger partial charge in [0, 0.05) is 10.8 Å². The minimum Gasteiger partial charge on any atom is -0.368 e. The zero-order valence-corrected chi connectivity index (χ0v) is 11.6. The molecule has 2 rings (SSSR count). The van der Waals surface area contributed by atoms with Gasteiger partial charge in [-0.3, -0.25) is 0 Å². The third-order valence-corrected chi connectivity index (χ3v) is 3.42. The summed E-state index contributed by atoms with van der Waals surface area (Å²) in [6.07, 6.45) is 0. The average Bonchev–Trinajstić information content (AvgIpc) is 2.37. The number of hydrogen-bond acceptors (Lipinski definition) is 5. The minimum atomic E-state index is -0.240. The van der Waals surface area contributed by atoms with Crippen LogP contribution in [0, 0.1) is 5.82 Å². The van der Waals surface area contributed by atoms with Gasteiger partial charge in [-0.2, -0.15) is 9.97 Å². The van der Waals surface area contributed by atoms with E-state index in [0.717, 1.165) is 4.90 Å². The molecule has 0 spiro atoms. The Kier molecular flexibility index (Phi) is 4.31. The minimum absolute atomic E-state index is 0.208. The van der Waals surface area contributed by atoms with Gasteiger partial charge in [-0.05, 0) is 24.3 Å². The number of benzene rings is 1. The maximum Gasteiger partial charge on any atom is 0.223 e. The van der Waals surface area contributed by atoms with E-state index in [1.54, 1.807) is 12.1 Å². The van der Waals surface area contributed by atoms with Crippen LogP contribution in [0.5, 0.6) is 0 Å². The molecular weight excluding hydrogens is 263 g/mol. The monoisotopic (exact) mass is 278 g/mol. The molecule has 4 nitrogen and oxygen atoms in total. The Balaban J connectivity index is 2.08. The molecule has 0 atom stereocenters. The second-order valence-corrected chi connectivity index (χ2v) is 5.41. The fraction of sp³-hybridized carbons (Fsp3) is 0.308. The molecule has 19 heavy (non-hydrogen) atoms. The third kappa shape index (κ3) is 3.89. The number of halogens is 1. The quantitative estimate of drug-likeness (QED) is 0.871. The summed E-state index contributed by atoms with van der Waals surface area (Å²) in [7, 11) is 0. The van der Waals surface area contributed by atoms with E-state index in [0.29, 0.717) is 17.4 Å². The Labute approximate surface area is 115 Å². The van der Waals surface area contributed by atoms with Crippen molar-refractivity contribution in [1.29, 1.82) is 0 Å². The topological polar surface area (TPSA) is 64.7 Å². The van der Waals surface area contributed by atoms with Crippen LogP contribution in [0.4, 0.5) is 10.3 Å². The van der Waals surface area contributed by atoms with E-state index >= 15 is 0 Å². The molecule has 1 heterocycles. The standard InChI is InChI=1S/C13H15FN4S/c1-8(2)12-16-11(17-13(15)18-12)7-19-10-5-3-9(14)4-6-10/h3-6,8H,7H2,1-2H3,(H2,15,16,17,18). The average molecular weight is 278 g/mol. The van der Waals surface area contributed by atoms with Gasteiger partial charge in [0.15, 0.2) is 0 Å². The highest BCUT2D eigenvalue weighted by atomic mass is 32.2. The van der Waals surface area contributed by atoms with Crippen molar-refractivity contribution in [2.75, 3.05) is 5.73 Å². The van der Waals surface area contributed by atoms with E-state index in [1.807, 2.05) is 13.8 Å². The van der Waals surface area contributed by atoms with E-state index in [9.17, 15) is 4.39 Å². The van der Waals surface area contributed by atoms with Crippen molar-refractivity contribution in [3.8, 4) is 0 Å². The summed E-state index contributed by atoms with van der Waals surface area (Å²) in [4.78, 5) is 13.5. The Morgan fingerprint density at radius 2 is 1.84 bits per heavy atom. The van der Waals surface area contributed by atoms with Crippen LogP contribution < -0.4 is 5.73 Å². The van der Waals surface area contributed by atoms with Crippen molar-refractivity contribution in [3.05, 3.63) is 41.7 Å². The van der Waals surface area contributed by atoms with Crippen LogP contribution in [0.25, 0.3) is 0 Å². The van der Waals surface area contributed by atoms with Crippen LogP contribution in [0.15, 0.2) is 29.2 Å². The summed E-state index contributed by atoms with van der Waals surface area (Å²) >= 11 is 1.54. The summed E-state index contributed by atoms with van der Waals surface area (Å²) in [6, 6.07) is 6.33. The van der Waals surface area contributed by atoms with E-state index < -0.39 is 0 Å². The lowest BCUT2D eigenvalue weighted by molar-refractivity contribution is 0.626. The first kappa shape index (κ1) is 13.7. The van der Waals surface area contributed by atoms with Crippen LogP contribution in [0.1, 0.15) is 31.4 Å². The summed E-state index contributed by atoms with van der Waals surface area (Å²) in [5.41, 5.74) is 5.66. The van der Waals surface area contributed by atoms with Gasteiger partial charge < -0.3 is 5.73 Å². The van der Waals surface area contributed by atoms with Gasteiger partial charge in [-0.15, -0.1) is 11.8 Å². The summed E-state index contributed by atoms with van der Waals surface area (Å²) in [6.45, 7) is 4.01. The van der Waals surface area contributed by atoms with Gasteiger partial charge in [0.1, 0.15) is 17.5 Å². The number of aromatic nitrogens is 3. The van der Waals surface area contributed by atoms with E-state index in [1.165, 1.54) is 23.9 Å². The summed E-state index contributed by atoms with van der Waals surface area (Å²) in [5.74, 6) is 2.13. The highest BCUT2D eigenvalue weighted by Gasteiger charge is 2.08. The first-order chi connectivity index (χ1) is 9.04. The lowest BCUT2D eigenvalue weighted by atomic mass is 10.2. The predicted octanol–water partition coefficient (Wildman–Crippen LogP) is 3.01. The van der Waals surface area contributed by atoms with Crippen LogP contribution >= 0.6 is 11.8 Å². The lowest BCUT2D eigenvalue weighted by Crippen LogP contribution is -2.07. The number of nitrogens with zero attached hydrogens (tertiary/aromatic N) is 3. The fourth-order valence-corrected chi connectivity index (χ4v) is 2.21. The van der Waals surface area contributed by atoms with E-state index in [-0.39, 0.29) is 17.7 Å². The predicted molar refractivity (Wildman–Crippen MR) is 74.3 cm³/mol. The highest BCUT2D eigenvalue weighted by Crippen LogP contribution is 2.22. The molecule has 0 aliphatic heterocycles. The SMILES string of the molecule is CC(C)c1nc(N)nc(CSc2ccc(F)cc2)n1. The Morgan fingerprint density at radius 3 is 2.47 bits per heavy atom.